The molecule has 4 nitrogen and oxygen atoms in total. The average molecular weight is 333 g/mol. The molecule has 0 saturated carbocycles. The van der Waals surface area contributed by atoms with Crippen LogP contribution in [0.3, 0.4) is 0 Å². The summed E-state index contributed by atoms with van der Waals surface area (Å²) in [7, 11) is -3.41. The maximum absolute atomic E-state index is 12.6. The molecule has 1 aromatic rings. The lowest BCUT2D eigenvalue weighted by molar-refractivity contribution is 0.242. The van der Waals surface area contributed by atoms with Crippen molar-refractivity contribution < 1.29 is 8.42 Å². The van der Waals surface area contributed by atoms with Crippen LogP contribution in [-0.2, 0) is 10.0 Å². The van der Waals surface area contributed by atoms with Crippen LogP contribution >= 0.6 is 15.9 Å². The SMILES string of the molecule is CCCN(C1CNC1)S(=O)(=O)c1ccccc1Br. The highest BCUT2D eigenvalue weighted by Gasteiger charge is 2.34. The summed E-state index contributed by atoms with van der Waals surface area (Å²) in [5.74, 6) is 0. The third-order valence-electron chi connectivity index (χ3n) is 3.03. The summed E-state index contributed by atoms with van der Waals surface area (Å²) in [4.78, 5) is 0.352. The zero-order valence-corrected chi connectivity index (χ0v) is 12.7. The minimum absolute atomic E-state index is 0.0852. The van der Waals surface area contributed by atoms with Crippen LogP contribution in [0.5, 0.6) is 0 Å². The summed E-state index contributed by atoms with van der Waals surface area (Å²) in [5, 5.41) is 3.12. The molecule has 0 spiro atoms. The molecular formula is C12H17BrN2O2S. The van der Waals surface area contributed by atoms with E-state index in [2.05, 4.69) is 21.2 Å². The van der Waals surface area contributed by atoms with Crippen LogP contribution in [0.4, 0.5) is 0 Å². The van der Waals surface area contributed by atoms with E-state index in [0.29, 0.717) is 15.9 Å². The van der Waals surface area contributed by atoms with Gasteiger partial charge in [-0.25, -0.2) is 8.42 Å². The van der Waals surface area contributed by atoms with Crippen LogP contribution in [0.25, 0.3) is 0 Å². The predicted molar refractivity (Wildman–Crippen MR) is 75.0 cm³/mol. The number of halogens is 1. The van der Waals surface area contributed by atoms with Gasteiger partial charge >= 0.3 is 0 Å². The number of hydrogen-bond acceptors (Lipinski definition) is 3. The Hall–Kier alpha value is -0.430. The molecule has 1 aromatic carbocycles. The van der Waals surface area contributed by atoms with E-state index in [1.54, 1.807) is 22.5 Å². The van der Waals surface area contributed by atoms with Gasteiger partial charge in [0.1, 0.15) is 0 Å². The number of benzene rings is 1. The molecule has 1 fully saturated rings. The van der Waals surface area contributed by atoms with Crippen LogP contribution in [0.1, 0.15) is 13.3 Å². The van der Waals surface area contributed by atoms with Crippen molar-refractivity contribution in [1.29, 1.82) is 0 Å². The van der Waals surface area contributed by atoms with Crippen molar-refractivity contribution in [3.8, 4) is 0 Å². The van der Waals surface area contributed by atoms with Gasteiger partial charge in [0, 0.05) is 24.1 Å². The smallest absolute Gasteiger partial charge is 0.244 e. The van der Waals surface area contributed by atoms with Crippen LogP contribution in [0, 0.1) is 0 Å². The topological polar surface area (TPSA) is 49.4 Å². The second kappa shape index (κ2) is 5.69. The molecule has 0 radical (unpaired) electrons. The molecule has 0 amide bonds. The van der Waals surface area contributed by atoms with Gasteiger partial charge in [-0.3, -0.25) is 0 Å². The molecule has 1 aliphatic heterocycles. The summed E-state index contributed by atoms with van der Waals surface area (Å²) in [6.07, 6.45) is 0.820. The third-order valence-corrected chi connectivity index (χ3v) is 6.00. The first-order chi connectivity index (χ1) is 8.57. The van der Waals surface area contributed by atoms with Crippen molar-refractivity contribution in [3.63, 3.8) is 0 Å². The van der Waals surface area contributed by atoms with Gasteiger partial charge in [-0.05, 0) is 34.5 Å². The summed E-state index contributed by atoms with van der Waals surface area (Å²) >= 11 is 3.32. The Morgan fingerprint density at radius 1 is 1.39 bits per heavy atom. The van der Waals surface area contributed by atoms with Gasteiger partial charge < -0.3 is 5.32 Å². The van der Waals surface area contributed by atoms with E-state index in [9.17, 15) is 8.42 Å². The molecule has 0 bridgehead atoms. The molecule has 6 heteroatoms. The second-order valence-electron chi connectivity index (χ2n) is 4.36. The first kappa shape index (κ1) is 14.0. The van der Waals surface area contributed by atoms with Gasteiger partial charge in [-0.15, -0.1) is 0 Å². The van der Waals surface area contributed by atoms with Gasteiger partial charge in [0.2, 0.25) is 10.0 Å². The Labute approximate surface area is 117 Å². The largest absolute Gasteiger partial charge is 0.313 e. The van der Waals surface area contributed by atoms with Crippen molar-refractivity contribution in [2.24, 2.45) is 0 Å². The van der Waals surface area contributed by atoms with E-state index >= 15 is 0 Å². The van der Waals surface area contributed by atoms with Crippen LogP contribution in [-0.4, -0.2) is 38.4 Å². The third kappa shape index (κ3) is 2.61. The lowest BCUT2D eigenvalue weighted by atomic mass is 10.2. The molecule has 0 aliphatic carbocycles. The van der Waals surface area contributed by atoms with Crippen molar-refractivity contribution in [3.05, 3.63) is 28.7 Å². The lowest BCUT2D eigenvalue weighted by Gasteiger charge is -2.37. The summed E-state index contributed by atoms with van der Waals surface area (Å²) in [6.45, 7) is 4.04. The van der Waals surface area contributed by atoms with Gasteiger partial charge in [-0.1, -0.05) is 19.1 Å². The van der Waals surface area contributed by atoms with Gasteiger partial charge in [0.15, 0.2) is 0 Å². The minimum atomic E-state index is -3.41. The normalized spacial score (nSPS) is 16.8. The second-order valence-corrected chi connectivity index (χ2v) is 7.07. The number of rotatable bonds is 5. The van der Waals surface area contributed by atoms with Gasteiger partial charge in [-0.2, -0.15) is 4.31 Å². The minimum Gasteiger partial charge on any atom is -0.313 e. The molecule has 0 aromatic heterocycles. The highest BCUT2D eigenvalue weighted by molar-refractivity contribution is 9.10. The Bertz CT molecular complexity index is 515. The molecule has 1 saturated heterocycles. The van der Waals surface area contributed by atoms with Crippen molar-refractivity contribution in [2.45, 2.75) is 24.3 Å². The number of nitrogens with zero attached hydrogens (tertiary/aromatic N) is 1. The van der Waals surface area contributed by atoms with Crippen LogP contribution in [0.2, 0.25) is 0 Å². The maximum Gasteiger partial charge on any atom is 0.244 e. The van der Waals surface area contributed by atoms with E-state index in [-0.39, 0.29) is 6.04 Å². The number of hydrogen-bond donors (Lipinski definition) is 1. The summed E-state index contributed by atoms with van der Waals surface area (Å²) in [6, 6.07) is 7.06. The first-order valence-electron chi connectivity index (χ1n) is 6.04. The Balaban J connectivity index is 2.36. The maximum atomic E-state index is 12.6. The fourth-order valence-corrected chi connectivity index (χ4v) is 4.66. The van der Waals surface area contributed by atoms with Crippen LogP contribution in [0.15, 0.2) is 33.6 Å². The predicted octanol–water partition coefficient (Wildman–Crippen LogP) is 1.82. The van der Waals surface area contributed by atoms with Gasteiger partial charge in [0.25, 0.3) is 0 Å². The molecule has 1 heterocycles. The monoisotopic (exact) mass is 332 g/mol. The Morgan fingerprint density at radius 3 is 2.56 bits per heavy atom. The highest BCUT2D eigenvalue weighted by atomic mass is 79.9. The molecule has 2 rings (SSSR count). The molecule has 1 aliphatic rings. The number of nitrogens with one attached hydrogen (secondary N) is 1. The van der Waals surface area contributed by atoms with Crippen molar-refractivity contribution in [1.82, 2.24) is 9.62 Å². The van der Waals surface area contributed by atoms with Gasteiger partial charge in [0.05, 0.1) is 10.9 Å². The Kier molecular flexibility index (Phi) is 4.42. The molecule has 100 valence electrons. The standard InChI is InChI=1S/C12H17BrN2O2S/c1-2-7-15(10-8-14-9-10)18(16,17)12-6-4-3-5-11(12)13/h3-6,10,14H,2,7-9H2,1H3. The lowest BCUT2D eigenvalue weighted by Crippen LogP contribution is -2.58. The van der Waals surface area contributed by atoms with Crippen LogP contribution < -0.4 is 5.32 Å². The molecular weight excluding hydrogens is 316 g/mol. The molecule has 0 atom stereocenters. The highest BCUT2D eigenvalue weighted by Crippen LogP contribution is 2.26. The Morgan fingerprint density at radius 2 is 2.06 bits per heavy atom. The first-order valence-corrected chi connectivity index (χ1v) is 8.27. The molecule has 1 N–H and O–H groups in total. The van der Waals surface area contributed by atoms with E-state index in [1.807, 2.05) is 13.0 Å². The quantitative estimate of drug-likeness (QED) is 0.894. The van der Waals surface area contributed by atoms with E-state index in [1.165, 1.54) is 0 Å². The molecule has 0 unspecified atom stereocenters. The van der Waals surface area contributed by atoms with E-state index in [0.717, 1.165) is 19.5 Å². The summed E-state index contributed by atoms with van der Waals surface area (Å²) in [5.41, 5.74) is 0. The number of sulfonamides is 1. The average Bonchev–Trinajstić information content (AvgIpc) is 2.26. The fraction of sp³-hybridized carbons (Fsp3) is 0.500. The van der Waals surface area contributed by atoms with Crippen molar-refractivity contribution >= 4 is 26.0 Å². The van der Waals surface area contributed by atoms with E-state index < -0.39 is 10.0 Å². The van der Waals surface area contributed by atoms with Crippen molar-refractivity contribution in [2.75, 3.05) is 19.6 Å². The van der Waals surface area contributed by atoms with E-state index in [4.69, 9.17) is 0 Å². The zero-order valence-electron chi connectivity index (χ0n) is 10.3. The fourth-order valence-electron chi connectivity index (χ4n) is 1.98. The zero-order chi connectivity index (χ0) is 13.2. The summed E-state index contributed by atoms with van der Waals surface area (Å²) < 4.78 is 27.5. The molecule has 18 heavy (non-hydrogen) atoms.